The van der Waals surface area contributed by atoms with E-state index in [9.17, 15) is 14.7 Å². The minimum absolute atomic E-state index is 0.120. The smallest absolute Gasteiger partial charge is 0.341 e. The van der Waals surface area contributed by atoms with Gasteiger partial charge in [0.25, 0.3) is 5.91 Å². The zero-order valence-electron chi connectivity index (χ0n) is 22.9. The van der Waals surface area contributed by atoms with Crippen molar-refractivity contribution >= 4 is 23.4 Å². The molecule has 208 valence electrons. The molecule has 0 radical (unpaired) electrons. The summed E-state index contributed by atoms with van der Waals surface area (Å²) in [6.07, 6.45) is 4.75. The summed E-state index contributed by atoms with van der Waals surface area (Å²) in [7, 11) is 2.91. The lowest BCUT2D eigenvalue weighted by atomic mass is 9.52. The van der Waals surface area contributed by atoms with Crippen molar-refractivity contribution < 1.29 is 24.2 Å². The molecular formula is C30H38N4O5. The number of rotatable bonds is 6. The molecule has 1 aromatic heterocycles. The highest BCUT2D eigenvalue weighted by Crippen LogP contribution is 2.55. The van der Waals surface area contributed by atoms with Crippen LogP contribution in [0, 0.1) is 17.8 Å². The number of carbonyl (C=O) groups excluding carboxylic acids is 2. The van der Waals surface area contributed by atoms with Gasteiger partial charge in [-0.2, -0.15) is 0 Å². The van der Waals surface area contributed by atoms with Crippen LogP contribution in [0.25, 0.3) is 0 Å². The average molecular weight is 535 g/mol. The molecule has 2 aromatic rings. The molecule has 5 fully saturated rings. The number of pyridine rings is 1. The van der Waals surface area contributed by atoms with Crippen LogP contribution >= 0.6 is 0 Å². The van der Waals surface area contributed by atoms with Gasteiger partial charge in [0.1, 0.15) is 22.8 Å². The maximum atomic E-state index is 13.3. The van der Waals surface area contributed by atoms with Crippen LogP contribution in [0.4, 0.5) is 11.5 Å². The largest absolute Gasteiger partial charge is 0.496 e. The molecule has 3 atom stereocenters. The standard InChI is InChI=1S/C30H38N4O5/c1-18-17-33(22-7-8-23(29(36)39-3)25(13-22)38-2)9-10-34(18)26-6-4-5-24(31-26)28(35)32-27-20-11-19-12-21(27)16-30(37,14-19)15-20/h4-8,13,18-21,27,37H,9-12,14-17H2,1-3H3,(H,32,35)/t18-,19?,20?,21?,27?,30?/m1/s1. The van der Waals surface area contributed by atoms with Gasteiger partial charge in [0, 0.05) is 43.5 Å². The van der Waals surface area contributed by atoms with E-state index in [4.69, 9.17) is 14.5 Å². The van der Waals surface area contributed by atoms with E-state index >= 15 is 0 Å². The Kier molecular flexibility index (Phi) is 6.65. The van der Waals surface area contributed by atoms with Crippen molar-refractivity contribution in [1.29, 1.82) is 0 Å². The maximum Gasteiger partial charge on any atom is 0.341 e. The monoisotopic (exact) mass is 534 g/mol. The number of carbonyl (C=O) groups is 2. The molecule has 9 nitrogen and oxygen atoms in total. The fourth-order valence-electron chi connectivity index (χ4n) is 7.84. The fraction of sp³-hybridized carbons (Fsp3) is 0.567. The van der Waals surface area contributed by atoms with Crippen molar-refractivity contribution in [2.24, 2.45) is 17.8 Å². The van der Waals surface area contributed by atoms with Crippen LogP contribution in [0.5, 0.6) is 5.75 Å². The van der Waals surface area contributed by atoms with Gasteiger partial charge in [-0.3, -0.25) is 4.79 Å². The Morgan fingerprint density at radius 1 is 1.08 bits per heavy atom. The molecule has 7 rings (SSSR count). The Bertz CT molecular complexity index is 1250. The molecule has 2 heterocycles. The summed E-state index contributed by atoms with van der Waals surface area (Å²) >= 11 is 0. The summed E-state index contributed by atoms with van der Waals surface area (Å²) in [6, 6.07) is 11.5. The number of nitrogens with one attached hydrogen (secondary N) is 1. The van der Waals surface area contributed by atoms with E-state index in [2.05, 4.69) is 22.0 Å². The van der Waals surface area contributed by atoms with Gasteiger partial charge in [0.05, 0.1) is 19.8 Å². The summed E-state index contributed by atoms with van der Waals surface area (Å²) in [5.41, 5.74) is 1.31. The van der Waals surface area contributed by atoms with Gasteiger partial charge in [-0.1, -0.05) is 6.07 Å². The van der Waals surface area contributed by atoms with E-state index in [-0.39, 0.29) is 18.0 Å². The third-order valence-corrected chi connectivity index (χ3v) is 9.38. The van der Waals surface area contributed by atoms with Crippen LogP contribution in [0.2, 0.25) is 0 Å². The first-order valence-electron chi connectivity index (χ1n) is 14.0. The number of aromatic nitrogens is 1. The van der Waals surface area contributed by atoms with E-state index in [1.54, 1.807) is 19.2 Å². The third-order valence-electron chi connectivity index (χ3n) is 9.38. The lowest BCUT2D eigenvalue weighted by molar-refractivity contribution is -0.136. The quantitative estimate of drug-likeness (QED) is 0.545. The number of esters is 1. The van der Waals surface area contributed by atoms with Crippen LogP contribution < -0.4 is 19.9 Å². The topological polar surface area (TPSA) is 104 Å². The first kappa shape index (κ1) is 25.9. The van der Waals surface area contributed by atoms with Gasteiger partial charge in [0.2, 0.25) is 0 Å². The van der Waals surface area contributed by atoms with Crippen LogP contribution in [0.15, 0.2) is 36.4 Å². The normalized spacial score (nSPS) is 31.2. The fourth-order valence-corrected chi connectivity index (χ4v) is 7.84. The maximum absolute atomic E-state index is 13.3. The summed E-state index contributed by atoms with van der Waals surface area (Å²) in [5, 5.41) is 14.2. The number of ether oxygens (including phenoxy) is 2. The van der Waals surface area contributed by atoms with Crippen LogP contribution in [-0.4, -0.2) is 73.5 Å². The molecule has 1 saturated heterocycles. The Morgan fingerprint density at radius 3 is 2.51 bits per heavy atom. The second-order valence-electron chi connectivity index (χ2n) is 11.9. The lowest BCUT2D eigenvalue weighted by Crippen LogP contribution is -2.61. The van der Waals surface area contributed by atoms with E-state index in [1.165, 1.54) is 7.11 Å². The van der Waals surface area contributed by atoms with Gasteiger partial charge in [0.15, 0.2) is 0 Å². The molecule has 4 bridgehead atoms. The third kappa shape index (κ3) is 4.81. The van der Waals surface area contributed by atoms with Crippen molar-refractivity contribution in [3.05, 3.63) is 47.7 Å². The van der Waals surface area contributed by atoms with Gasteiger partial charge >= 0.3 is 5.97 Å². The highest BCUT2D eigenvalue weighted by atomic mass is 16.5. The summed E-state index contributed by atoms with van der Waals surface area (Å²) in [5.74, 6) is 2.08. The number of anilines is 2. The number of methoxy groups -OCH3 is 2. The summed E-state index contributed by atoms with van der Waals surface area (Å²) in [4.78, 5) is 34.6. The molecule has 2 N–H and O–H groups in total. The van der Waals surface area contributed by atoms with Crippen LogP contribution in [0.1, 0.15) is 59.9 Å². The first-order valence-corrected chi connectivity index (χ1v) is 14.0. The zero-order chi connectivity index (χ0) is 27.3. The van der Waals surface area contributed by atoms with Crippen LogP contribution in [-0.2, 0) is 4.74 Å². The van der Waals surface area contributed by atoms with Crippen molar-refractivity contribution in [2.45, 2.75) is 56.7 Å². The average Bonchev–Trinajstić information content (AvgIpc) is 2.93. The summed E-state index contributed by atoms with van der Waals surface area (Å²) < 4.78 is 10.3. The van der Waals surface area contributed by atoms with Gasteiger partial charge in [-0.05, 0) is 81.0 Å². The zero-order valence-corrected chi connectivity index (χ0v) is 22.9. The molecule has 4 aliphatic carbocycles. The highest BCUT2D eigenvalue weighted by Gasteiger charge is 2.55. The van der Waals surface area contributed by atoms with Crippen molar-refractivity contribution in [1.82, 2.24) is 10.3 Å². The Labute approximate surface area is 229 Å². The molecule has 5 aliphatic rings. The van der Waals surface area contributed by atoms with E-state index in [0.717, 1.165) is 63.2 Å². The molecule has 1 aromatic carbocycles. The number of hydrogen-bond donors (Lipinski definition) is 2. The van der Waals surface area contributed by atoms with E-state index in [1.807, 2.05) is 24.3 Å². The number of amides is 1. The predicted molar refractivity (Wildman–Crippen MR) is 147 cm³/mol. The Hall–Kier alpha value is -3.33. The molecule has 1 aliphatic heterocycles. The Morgan fingerprint density at radius 2 is 1.85 bits per heavy atom. The van der Waals surface area contributed by atoms with Crippen molar-refractivity contribution in [2.75, 3.05) is 43.7 Å². The van der Waals surface area contributed by atoms with E-state index < -0.39 is 11.6 Å². The number of benzene rings is 1. The first-order chi connectivity index (χ1) is 18.8. The molecule has 2 unspecified atom stereocenters. The lowest BCUT2D eigenvalue weighted by Gasteiger charge is -2.58. The summed E-state index contributed by atoms with van der Waals surface area (Å²) in [6.45, 7) is 4.42. The minimum atomic E-state index is -0.511. The number of aliphatic hydroxyl groups is 1. The van der Waals surface area contributed by atoms with Crippen molar-refractivity contribution in [3.63, 3.8) is 0 Å². The van der Waals surface area contributed by atoms with Crippen molar-refractivity contribution in [3.8, 4) is 5.75 Å². The molecule has 9 heteroatoms. The molecule has 39 heavy (non-hydrogen) atoms. The minimum Gasteiger partial charge on any atom is -0.496 e. The van der Waals surface area contributed by atoms with E-state index in [0.29, 0.717) is 34.8 Å². The highest BCUT2D eigenvalue weighted by molar-refractivity contribution is 5.93. The molecule has 1 amide bonds. The number of piperazine rings is 1. The van der Waals surface area contributed by atoms with Gasteiger partial charge < -0.3 is 29.7 Å². The van der Waals surface area contributed by atoms with Gasteiger partial charge in [-0.25, -0.2) is 9.78 Å². The van der Waals surface area contributed by atoms with Gasteiger partial charge in [-0.15, -0.1) is 0 Å². The molecular weight excluding hydrogens is 496 g/mol. The predicted octanol–water partition coefficient (Wildman–Crippen LogP) is 3.26. The molecule has 4 saturated carbocycles. The second-order valence-corrected chi connectivity index (χ2v) is 11.9. The number of hydrogen-bond acceptors (Lipinski definition) is 8. The number of nitrogens with zero attached hydrogens (tertiary/aromatic N) is 3. The Balaban J connectivity index is 1.12. The SMILES string of the molecule is COC(=O)c1ccc(N2CCN(c3cccc(C(=O)NC4C5CC6CC4CC(O)(C6)C5)n3)[C@H](C)C2)cc1OC. The second kappa shape index (κ2) is 10.0. The molecule has 0 spiro atoms. The van der Waals surface area contributed by atoms with Crippen LogP contribution in [0.3, 0.4) is 0 Å².